The van der Waals surface area contributed by atoms with Crippen molar-refractivity contribution in [1.29, 1.82) is 0 Å². The smallest absolute Gasteiger partial charge is 0.143 e. The van der Waals surface area contributed by atoms with Crippen LogP contribution in [-0.4, -0.2) is 0 Å². The summed E-state index contributed by atoms with van der Waals surface area (Å²) in [5.74, 6) is 0. The molecule has 0 amide bonds. The SMILES string of the molecule is Cc1cccc2c1oc1c(-c3ccc4oc5ccccc5c4c3)cccc12. The van der Waals surface area contributed by atoms with Gasteiger partial charge in [-0.05, 0) is 36.2 Å². The molecule has 0 aliphatic heterocycles. The Balaban J connectivity index is 1.68. The first-order valence-electron chi connectivity index (χ1n) is 9.12. The monoisotopic (exact) mass is 348 g/mol. The molecule has 6 rings (SSSR count). The van der Waals surface area contributed by atoms with Crippen LogP contribution in [0.1, 0.15) is 5.56 Å². The molecule has 0 atom stereocenters. The molecular formula is C25H16O2. The molecule has 2 nitrogen and oxygen atoms in total. The van der Waals surface area contributed by atoms with Crippen molar-refractivity contribution in [3.05, 3.63) is 84.4 Å². The third-order valence-electron chi connectivity index (χ3n) is 5.41. The first-order valence-corrected chi connectivity index (χ1v) is 9.12. The maximum Gasteiger partial charge on any atom is 0.143 e. The maximum atomic E-state index is 6.33. The predicted octanol–water partition coefficient (Wildman–Crippen LogP) is 7.46. The number of benzene rings is 4. The number of para-hydroxylation sites is 3. The Kier molecular flexibility index (Phi) is 2.84. The summed E-state index contributed by atoms with van der Waals surface area (Å²) in [4.78, 5) is 0. The van der Waals surface area contributed by atoms with E-state index in [-0.39, 0.29) is 0 Å². The molecule has 0 saturated heterocycles. The van der Waals surface area contributed by atoms with Crippen LogP contribution in [0.5, 0.6) is 0 Å². The molecular weight excluding hydrogens is 332 g/mol. The fourth-order valence-electron chi connectivity index (χ4n) is 4.08. The number of hydrogen-bond acceptors (Lipinski definition) is 2. The largest absolute Gasteiger partial charge is 0.456 e. The molecule has 128 valence electrons. The van der Waals surface area contributed by atoms with Crippen molar-refractivity contribution in [3.8, 4) is 11.1 Å². The van der Waals surface area contributed by atoms with Crippen molar-refractivity contribution in [2.24, 2.45) is 0 Å². The highest BCUT2D eigenvalue weighted by Gasteiger charge is 2.14. The molecule has 0 aliphatic rings. The molecule has 0 radical (unpaired) electrons. The summed E-state index contributed by atoms with van der Waals surface area (Å²) >= 11 is 0. The quantitative estimate of drug-likeness (QED) is 0.308. The first kappa shape index (κ1) is 14.6. The molecule has 0 saturated carbocycles. The summed E-state index contributed by atoms with van der Waals surface area (Å²) in [7, 11) is 0. The highest BCUT2D eigenvalue weighted by Crippen LogP contribution is 2.38. The number of fused-ring (bicyclic) bond motifs is 6. The second-order valence-corrected chi connectivity index (χ2v) is 7.05. The van der Waals surface area contributed by atoms with Gasteiger partial charge in [-0.15, -0.1) is 0 Å². The van der Waals surface area contributed by atoms with Crippen LogP contribution in [0.3, 0.4) is 0 Å². The summed E-state index contributed by atoms with van der Waals surface area (Å²) in [6.07, 6.45) is 0. The van der Waals surface area contributed by atoms with Crippen LogP contribution in [-0.2, 0) is 0 Å². The second-order valence-electron chi connectivity index (χ2n) is 7.05. The molecule has 0 spiro atoms. The lowest BCUT2D eigenvalue weighted by atomic mass is 10.00. The van der Waals surface area contributed by atoms with Crippen LogP contribution in [0.4, 0.5) is 0 Å². The highest BCUT2D eigenvalue weighted by atomic mass is 16.3. The van der Waals surface area contributed by atoms with Crippen molar-refractivity contribution >= 4 is 43.9 Å². The molecule has 27 heavy (non-hydrogen) atoms. The summed E-state index contributed by atoms with van der Waals surface area (Å²) in [6.45, 7) is 2.09. The van der Waals surface area contributed by atoms with Gasteiger partial charge in [0.25, 0.3) is 0 Å². The number of furan rings is 2. The first-order chi connectivity index (χ1) is 13.3. The van der Waals surface area contributed by atoms with Crippen LogP contribution in [0.15, 0.2) is 87.7 Å². The Morgan fingerprint density at radius 3 is 2.22 bits per heavy atom. The van der Waals surface area contributed by atoms with E-state index in [1.54, 1.807) is 0 Å². The molecule has 0 aliphatic carbocycles. The van der Waals surface area contributed by atoms with E-state index in [9.17, 15) is 0 Å². The van der Waals surface area contributed by atoms with E-state index >= 15 is 0 Å². The number of hydrogen-bond donors (Lipinski definition) is 0. The van der Waals surface area contributed by atoms with E-state index in [0.717, 1.165) is 55.2 Å². The van der Waals surface area contributed by atoms with E-state index in [2.05, 4.69) is 67.6 Å². The Labute approximate surface area is 155 Å². The molecule has 2 aromatic heterocycles. The lowest BCUT2D eigenvalue weighted by Gasteiger charge is -2.03. The van der Waals surface area contributed by atoms with Gasteiger partial charge in [-0.1, -0.05) is 60.7 Å². The highest BCUT2D eigenvalue weighted by molar-refractivity contribution is 6.12. The van der Waals surface area contributed by atoms with Crippen LogP contribution in [0, 0.1) is 6.92 Å². The lowest BCUT2D eigenvalue weighted by molar-refractivity contribution is 0.666. The van der Waals surface area contributed by atoms with Crippen molar-refractivity contribution < 1.29 is 8.83 Å². The predicted molar refractivity (Wildman–Crippen MR) is 111 cm³/mol. The molecule has 0 fully saturated rings. The van der Waals surface area contributed by atoms with Gasteiger partial charge in [-0.2, -0.15) is 0 Å². The summed E-state index contributed by atoms with van der Waals surface area (Å²) in [6, 6.07) is 27.2. The Morgan fingerprint density at radius 2 is 1.30 bits per heavy atom. The van der Waals surface area contributed by atoms with E-state index < -0.39 is 0 Å². The Bertz CT molecular complexity index is 1480. The number of rotatable bonds is 1. The van der Waals surface area contributed by atoms with E-state index in [0.29, 0.717) is 0 Å². The molecule has 6 aromatic rings. The van der Waals surface area contributed by atoms with Crippen LogP contribution in [0.2, 0.25) is 0 Å². The zero-order valence-electron chi connectivity index (χ0n) is 14.8. The fourth-order valence-corrected chi connectivity index (χ4v) is 4.08. The van der Waals surface area contributed by atoms with Crippen LogP contribution < -0.4 is 0 Å². The van der Waals surface area contributed by atoms with Gasteiger partial charge in [0, 0.05) is 27.1 Å². The van der Waals surface area contributed by atoms with Gasteiger partial charge in [0.05, 0.1) is 0 Å². The minimum atomic E-state index is 0.910. The van der Waals surface area contributed by atoms with Crippen molar-refractivity contribution in [2.45, 2.75) is 6.92 Å². The van der Waals surface area contributed by atoms with Gasteiger partial charge in [0.15, 0.2) is 0 Å². The molecule has 4 aromatic carbocycles. The Morgan fingerprint density at radius 1 is 0.556 bits per heavy atom. The molecule has 0 unspecified atom stereocenters. The topological polar surface area (TPSA) is 26.3 Å². The van der Waals surface area contributed by atoms with E-state index in [1.165, 1.54) is 5.39 Å². The van der Waals surface area contributed by atoms with Gasteiger partial charge in [0.1, 0.15) is 22.3 Å². The minimum Gasteiger partial charge on any atom is -0.456 e. The van der Waals surface area contributed by atoms with Gasteiger partial charge in [-0.25, -0.2) is 0 Å². The standard InChI is InChI=1S/C25H16O2/c1-15-6-4-9-19-20-10-5-8-17(25(20)27-24(15)19)16-12-13-23-21(14-16)18-7-2-3-11-22(18)26-23/h2-14H,1H3. The van der Waals surface area contributed by atoms with Gasteiger partial charge < -0.3 is 8.83 Å². The van der Waals surface area contributed by atoms with Crippen LogP contribution >= 0.6 is 0 Å². The fraction of sp³-hybridized carbons (Fsp3) is 0.0400. The van der Waals surface area contributed by atoms with E-state index in [1.807, 2.05) is 18.2 Å². The average Bonchev–Trinajstić information content (AvgIpc) is 3.27. The lowest BCUT2D eigenvalue weighted by Crippen LogP contribution is -1.79. The molecule has 0 bridgehead atoms. The van der Waals surface area contributed by atoms with Crippen molar-refractivity contribution in [2.75, 3.05) is 0 Å². The van der Waals surface area contributed by atoms with Crippen molar-refractivity contribution in [3.63, 3.8) is 0 Å². The van der Waals surface area contributed by atoms with Crippen LogP contribution in [0.25, 0.3) is 55.0 Å². The van der Waals surface area contributed by atoms with Gasteiger partial charge >= 0.3 is 0 Å². The molecule has 2 heteroatoms. The zero-order chi connectivity index (χ0) is 18.0. The number of aryl methyl sites for hydroxylation is 1. The van der Waals surface area contributed by atoms with Crippen molar-refractivity contribution in [1.82, 2.24) is 0 Å². The minimum absolute atomic E-state index is 0.910. The maximum absolute atomic E-state index is 6.33. The third kappa shape index (κ3) is 2.01. The molecule has 2 heterocycles. The normalized spacial score (nSPS) is 11.9. The average molecular weight is 348 g/mol. The second kappa shape index (κ2) is 5.24. The summed E-state index contributed by atoms with van der Waals surface area (Å²) < 4.78 is 12.3. The van der Waals surface area contributed by atoms with Gasteiger partial charge in [-0.3, -0.25) is 0 Å². The zero-order valence-corrected chi connectivity index (χ0v) is 14.8. The van der Waals surface area contributed by atoms with E-state index in [4.69, 9.17) is 8.83 Å². The summed E-state index contributed by atoms with van der Waals surface area (Å²) in [5.41, 5.74) is 7.14. The van der Waals surface area contributed by atoms with Gasteiger partial charge in [0.2, 0.25) is 0 Å². The molecule has 0 N–H and O–H groups in total. The Hall–Kier alpha value is -3.52. The summed E-state index contributed by atoms with van der Waals surface area (Å²) in [5, 5.41) is 4.60. The third-order valence-corrected chi connectivity index (χ3v) is 5.41.